The zero-order chi connectivity index (χ0) is 19.8. The maximum atomic E-state index is 12.5. The number of benzene rings is 2. The van der Waals surface area contributed by atoms with Gasteiger partial charge in [0.15, 0.2) is 6.61 Å². The van der Waals surface area contributed by atoms with E-state index in [0.717, 1.165) is 38.3 Å². The summed E-state index contributed by atoms with van der Waals surface area (Å²) >= 11 is 0. The second kappa shape index (κ2) is 9.77. The Morgan fingerprint density at radius 1 is 1.07 bits per heavy atom. The summed E-state index contributed by atoms with van der Waals surface area (Å²) in [5.41, 5.74) is 1.67. The van der Waals surface area contributed by atoms with Crippen LogP contribution in [-0.2, 0) is 11.3 Å². The van der Waals surface area contributed by atoms with Crippen molar-refractivity contribution < 1.29 is 14.3 Å². The first-order chi connectivity index (χ1) is 13.7. The number of methoxy groups -OCH3 is 1. The van der Waals surface area contributed by atoms with Crippen molar-refractivity contribution in [2.45, 2.75) is 13.0 Å². The molecule has 0 N–H and O–H groups in total. The van der Waals surface area contributed by atoms with E-state index in [9.17, 15) is 4.79 Å². The lowest BCUT2D eigenvalue weighted by Gasteiger charge is -2.22. The lowest BCUT2D eigenvalue weighted by atomic mass is 10.2. The minimum Gasteiger partial charge on any atom is -0.497 e. The maximum absolute atomic E-state index is 12.5. The van der Waals surface area contributed by atoms with E-state index < -0.39 is 0 Å². The Kier molecular flexibility index (Phi) is 6.88. The number of para-hydroxylation sites is 1. The molecule has 2 aromatic carbocycles. The third kappa shape index (κ3) is 5.24. The molecule has 0 bridgehead atoms. The molecule has 2 aromatic rings. The zero-order valence-electron chi connectivity index (χ0n) is 16.1. The third-order valence-corrected chi connectivity index (χ3v) is 4.87. The Hall–Kier alpha value is -3.04. The summed E-state index contributed by atoms with van der Waals surface area (Å²) in [6.45, 7) is 4.00. The van der Waals surface area contributed by atoms with Gasteiger partial charge in [0, 0.05) is 32.7 Å². The van der Waals surface area contributed by atoms with Gasteiger partial charge in [-0.2, -0.15) is 5.26 Å². The monoisotopic (exact) mass is 379 g/mol. The SMILES string of the molecule is COc1ccc(CN2CCCN(C(=O)COc3ccccc3C#N)CC2)cc1. The average Bonchev–Trinajstić information content (AvgIpc) is 2.98. The Labute approximate surface area is 165 Å². The highest BCUT2D eigenvalue weighted by atomic mass is 16.5. The van der Waals surface area contributed by atoms with Crippen LogP contribution in [0.25, 0.3) is 0 Å². The number of carbonyl (C=O) groups is 1. The van der Waals surface area contributed by atoms with Crippen LogP contribution in [0.1, 0.15) is 17.5 Å². The molecule has 6 nitrogen and oxygen atoms in total. The highest BCUT2D eigenvalue weighted by Crippen LogP contribution is 2.17. The van der Waals surface area contributed by atoms with Gasteiger partial charge >= 0.3 is 0 Å². The fourth-order valence-corrected chi connectivity index (χ4v) is 3.28. The first-order valence-corrected chi connectivity index (χ1v) is 9.44. The summed E-state index contributed by atoms with van der Waals surface area (Å²) < 4.78 is 10.8. The summed E-state index contributed by atoms with van der Waals surface area (Å²) in [6.07, 6.45) is 0.927. The second-order valence-electron chi connectivity index (χ2n) is 6.76. The maximum Gasteiger partial charge on any atom is 0.260 e. The molecular formula is C22H25N3O3. The van der Waals surface area contributed by atoms with Crippen molar-refractivity contribution in [1.29, 1.82) is 5.26 Å². The largest absolute Gasteiger partial charge is 0.497 e. The van der Waals surface area contributed by atoms with E-state index in [4.69, 9.17) is 14.7 Å². The van der Waals surface area contributed by atoms with Crippen molar-refractivity contribution in [1.82, 2.24) is 9.80 Å². The normalized spacial score (nSPS) is 14.8. The van der Waals surface area contributed by atoms with Crippen molar-refractivity contribution >= 4 is 5.91 Å². The molecule has 6 heteroatoms. The lowest BCUT2D eigenvalue weighted by molar-refractivity contribution is -0.133. The van der Waals surface area contributed by atoms with Crippen molar-refractivity contribution in [3.8, 4) is 17.6 Å². The summed E-state index contributed by atoms with van der Waals surface area (Å²) in [5.74, 6) is 1.27. The summed E-state index contributed by atoms with van der Waals surface area (Å²) in [5, 5.41) is 9.11. The second-order valence-corrected chi connectivity index (χ2v) is 6.76. The molecule has 0 unspecified atom stereocenters. The van der Waals surface area contributed by atoms with Crippen LogP contribution in [0.4, 0.5) is 0 Å². The van der Waals surface area contributed by atoms with E-state index in [0.29, 0.717) is 17.9 Å². The predicted octanol–water partition coefficient (Wildman–Crippen LogP) is 2.68. The number of nitrogens with zero attached hydrogens (tertiary/aromatic N) is 3. The molecule has 1 aliphatic heterocycles. The molecule has 1 amide bonds. The molecule has 0 saturated carbocycles. The standard InChI is InChI=1S/C22H25N3O3/c1-27-20-9-7-18(8-10-20)16-24-11-4-12-25(14-13-24)22(26)17-28-21-6-3-2-5-19(21)15-23/h2-3,5-10H,4,11-14,16-17H2,1H3. The summed E-state index contributed by atoms with van der Waals surface area (Å²) in [7, 11) is 1.66. The summed E-state index contributed by atoms with van der Waals surface area (Å²) in [4.78, 5) is 16.8. The lowest BCUT2D eigenvalue weighted by Crippen LogP contribution is -2.38. The van der Waals surface area contributed by atoms with Gasteiger partial charge in [0.25, 0.3) is 5.91 Å². The molecule has 0 atom stereocenters. The van der Waals surface area contributed by atoms with E-state index in [1.165, 1.54) is 5.56 Å². The van der Waals surface area contributed by atoms with Crippen LogP contribution < -0.4 is 9.47 Å². The van der Waals surface area contributed by atoms with Gasteiger partial charge < -0.3 is 14.4 Å². The number of carbonyl (C=O) groups excluding carboxylic acids is 1. The molecule has 0 radical (unpaired) electrons. The van der Waals surface area contributed by atoms with Gasteiger partial charge in [0.05, 0.1) is 12.7 Å². The fourth-order valence-electron chi connectivity index (χ4n) is 3.28. The van der Waals surface area contributed by atoms with E-state index in [1.54, 1.807) is 31.4 Å². The molecular weight excluding hydrogens is 354 g/mol. The first kappa shape index (κ1) is 19.7. The molecule has 0 aliphatic carbocycles. The Balaban J connectivity index is 1.50. The minimum absolute atomic E-state index is 0.0426. The molecule has 1 saturated heterocycles. The van der Waals surface area contributed by atoms with Crippen LogP contribution in [0.15, 0.2) is 48.5 Å². The summed E-state index contributed by atoms with van der Waals surface area (Å²) in [6, 6.07) is 17.1. The molecule has 0 spiro atoms. The van der Waals surface area contributed by atoms with E-state index in [1.807, 2.05) is 17.0 Å². The first-order valence-electron chi connectivity index (χ1n) is 9.44. The molecule has 1 aliphatic rings. The quantitative estimate of drug-likeness (QED) is 0.772. The van der Waals surface area contributed by atoms with Gasteiger partial charge in [-0.1, -0.05) is 24.3 Å². The Morgan fingerprint density at radius 2 is 1.86 bits per heavy atom. The number of amides is 1. The number of ether oxygens (including phenoxy) is 2. The molecule has 0 aromatic heterocycles. The van der Waals surface area contributed by atoms with Gasteiger partial charge in [-0.25, -0.2) is 0 Å². The molecule has 1 fully saturated rings. The predicted molar refractivity (Wildman–Crippen MR) is 106 cm³/mol. The van der Waals surface area contributed by atoms with Gasteiger partial charge in [-0.05, 0) is 36.2 Å². The average molecular weight is 379 g/mol. The zero-order valence-corrected chi connectivity index (χ0v) is 16.1. The van der Waals surface area contributed by atoms with Crippen LogP contribution in [0.2, 0.25) is 0 Å². The third-order valence-electron chi connectivity index (χ3n) is 4.87. The van der Waals surface area contributed by atoms with Crippen LogP contribution in [0.3, 0.4) is 0 Å². The van der Waals surface area contributed by atoms with Crippen LogP contribution >= 0.6 is 0 Å². The highest BCUT2D eigenvalue weighted by molar-refractivity contribution is 5.77. The van der Waals surface area contributed by atoms with Crippen LogP contribution in [-0.4, -0.2) is 55.6 Å². The number of hydrogen-bond acceptors (Lipinski definition) is 5. The van der Waals surface area contributed by atoms with Crippen molar-refractivity contribution in [3.63, 3.8) is 0 Å². The molecule has 1 heterocycles. The van der Waals surface area contributed by atoms with E-state index >= 15 is 0 Å². The van der Waals surface area contributed by atoms with Crippen molar-refractivity contribution in [2.24, 2.45) is 0 Å². The Bertz CT molecular complexity index is 830. The van der Waals surface area contributed by atoms with E-state index in [-0.39, 0.29) is 12.5 Å². The van der Waals surface area contributed by atoms with Gasteiger partial charge in [-0.15, -0.1) is 0 Å². The van der Waals surface area contributed by atoms with Crippen molar-refractivity contribution in [3.05, 3.63) is 59.7 Å². The molecule has 3 rings (SSSR count). The van der Waals surface area contributed by atoms with Gasteiger partial charge in [0.2, 0.25) is 0 Å². The van der Waals surface area contributed by atoms with Crippen LogP contribution in [0, 0.1) is 11.3 Å². The van der Waals surface area contributed by atoms with Gasteiger partial charge in [0.1, 0.15) is 17.6 Å². The highest BCUT2D eigenvalue weighted by Gasteiger charge is 2.20. The number of nitriles is 1. The topological polar surface area (TPSA) is 65.8 Å². The minimum atomic E-state index is -0.0445. The molecule has 146 valence electrons. The molecule has 28 heavy (non-hydrogen) atoms. The Morgan fingerprint density at radius 3 is 2.61 bits per heavy atom. The van der Waals surface area contributed by atoms with E-state index in [2.05, 4.69) is 23.1 Å². The van der Waals surface area contributed by atoms with Crippen LogP contribution in [0.5, 0.6) is 11.5 Å². The van der Waals surface area contributed by atoms with Crippen molar-refractivity contribution in [2.75, 3.05) is 39.9 Å². The van der Waals surface area contributed by atoms with Gasteiger partial charge in [-0.3, -0.25) is 9.69 Å². The number of hydrogen-bond donors (Lipinski definition) is 0. The number of rotatable bonds is 6. The smallest absolute Gasteiger partial charge is 0.260 e. The fraction of sp³-hybridized carbons (Fsp3) is 0.364.